The highest BCUT2D eigenvalue weighted by molar-refractivity contribution is 5.68. The molecule has 0 fully saturated rings. The van der Waals surface area contributed by atoms with E-state index in [-0.39, 0.29) is 17.9 Å². The molecule has 0 bridgehead atoms. The molecule has 0 aliphatic rings. The Balaban J connectivity index is -0.0000000710. The zero-order valence-corrected chi connectivity index (χ0v) is 10.6. The molecule has 100 valence electrons. The molecule has 0 atom stereocenters. The van der Waals surface area contributed by atoms with Gasteiger partial charge in [0.05, 0.1) is 6.61 Å². The summed E-state index contributed by atoms with van der Waals surface area (Å²) in [5, 5.41) is 13.9. The largest absolute Gasteiger partial charge is 0.481 e. The minimum Gasteiger partial charge on any atom is -0.481 e. The normalized spacial score (nSPS) is 7.06. The van der Waals surface area contributed by atoms with Gasteiger partial charge in [0.15, 0.2) is 0 Å². The second-order valence-corrected chi connectivity index (χ2v) is 2.26. The predicted molar refractivity (Wildman–Crippen MR) is 63.9 cm³/mol. The van der Waals surface area contributed by atoms with Crippen molar-refractivity contribution in [3.8, 4) is 0 Å². The van der Waals surface area contributed by atoms with Gasteiger partial charge in [0, 0.05) is 19.8 Å². The number of carbonyl (C=O) groups excluding carboxylic acids is 1. The van der Waals surface area contributed by atoms with Gasteiger partial charge in [-0.2, -0.15) is 0 Å². The second kappa shape index (κ2) is 23.6. The van der Waals surface area contributed by atoms with Crippen LogP contribution in [0.1, 0.15) is 40.5 Å². The number of ether oxygens (including phenoxy) is 1. The summed E-state index contributed by atoms with van der Waals surface area (Å²) in [4.78, 5) is 19.6. The van der Waals surface area contributed by atoms with E-state index < -0.39 is 5.97 Å². The summed E-state index contributed by atoms with van der Waals surface area (Å²) in [7, 11) is 0. The zero-order valence-electron chi connectivity index (χ0n) is 10.6. The molecule has 6 N–H and O–H groups in total. The molecule has 0 aromatic rings. The Labute approximate surface area is 96.5 Å². The summed E-state index contributed by atoms with van der Waals surface area (Å²) in [5.41, 5.74) is 0. The van der Waals surface area contributed by atoms with E-state index in [2.05, 4.69) is 4.74 Å². The molecule has 0 aromatic heterocycles. The highest BCUT2D eigenvalue weighted by Crippen LogP contribution is 1.80. The Morgan fingerprint density at radius 1 is 1.12 bits per heavy atom. The number of aliphatic carboxylic acids is 1. The van der Waals surface area contributed by atoms with E-state index in [0.29, 0.717) is 19.6 Å². The number of hydrogen-bond acceptors (Lipinski definition) is 3. The topological polar surface area (TPSA) is 120 Å². The highest BCUT2D eigenvalue weighted by atomic mass is 16.5. The van der Waals surface area contributed by atoms with Gasteiger partial charge in [0.25, 0.3) is 0 Å². The Kier molecular flexibility index (Phi) is 35.7. The van der Waals surface area contributed by atoms with Crippen molar-refractivity contribution < 1.29 is 30.0 Å². The third kappa shape index (κ3) is 52.7. The molecule has 0 saturated carbocycles. The number of carboxylic acid groups (broad SMARTS) is 1. The first-order valence-corrected chi connectivity index (χ1v) is 5.01. The first-order valence-electron chi connectivity index (χ1n) is 5.01. The Bertz CT molecular complexity index is 146. The molecule has 0 rings (SSSR count). The summed E-state index contributed by atoms with van der Waals surface area (Å²) in [6.45, 7) is 7.96. The molecule has 0 radical (unpaired) electrons. The lowest BCUT2D eigenvalue weighted by atomic mass is 10.5. The molecule has 6 nitrogen and oxygen atoms in total. The van der Waals surface area contributed by atoms with Gasteiger partial charge in [-0.3, -0.25) is 9.59 Å². The Hall–Kier alpha value is -1.14. The molecule has 0 spiro atoms. The average molecular weight is 242 g/mol. The Morgan fingerprint density at radius 3 is 1.50 bits per heavy atom. The van der Waals surface area contributed by atoms with Gasteiger partial charge < -0.3 is 20.4 Å². The molecular weight excluding hydrogens is 216 g/mol. The van der Waals surface area contributed by atoms with Gasteiger partial charge in [-0.25, -0.2) is 0 Å². The molecule has 0 aliphatic carbocycles. The average Bonchev–Trinajstić information content (AvgIpc) is 2.20. The Morgan fingerprint density at radius 2 is 1.44 bits per heavy atom. The monoisotopic (exact) mass is 242 g/mol. The summed E-state index contributed by atoms with van der Waals surface area (Å²) in [5.74, 6) is -0.868. The minimum atomic E-state index is -0.745. The molecule has 0 amide bonds. The van der Waals surface area contributed by atoms with Crippen molar-refractivity contribution >= 4 is 11.9 Å². The van der Waals surface area contributed by atoms with Gasteiger partial charge in [-0.05, 0) is 6.92 Å². The van der Waals surface area contributed by atoms with Crippen molar-refractivity contribution in [2.24, 2.45) is 0 Å². The van der Waals surface area contributed by atoms with Crippen molar-refractivity contribution in [3.05, 3.63) is 0 Å². The third-order valence-electron chi connectivity index (χ3n) is 0.896. The smallest absolute Gasteiger partial charge is 0.305 e. The van der Waals surface area contributed by atoms with Crippen LogP contribution in [0.3, 0.4) is 0 Å². The molecule has 0 unspecified atom stereocenters. The lowest BCUT2D eigenvalue weighted by Crippen LogP contribution is -2.00. The standard InChI is InChI=1S/C5H10O2.C3H6O2.C2H6O.H2O/c1-3-5(6)7-4-2;1-2-3(4)5;1-2-3;/h3-4H2,1-2H3;2H2,1H3,(H,4,5);3H,2H2,1H3;1H2/p+2. The van der Waals surface area contributed by atoms with Crippen LogP contribution in [0.15, 0.2) is 0 Å². The SMILES string of the molecule is CCC(=O)O.CCOC(=O)CC.CC[OH2+].[OH3+]. The van der Waals surface area contributed by atoms with E-state index in [0.717, 1.165) is 0 Å². The maximum Gasteiger partial charge on any atom is 0.305 e. The van der Waals surface area contributed by atoms with Crippen LogP contribution in [0.2, 0.25) is 0 Å². The summed E-state index contributed by atoms with van der Waals surface area (Å²) in [6.07, 6.45) is 0.702. The number of hydrogen-bond donors (Lipinski definition) is 1. The molecule has 16 heavy (non-hydrogen) atoms. The molecule has 0 heterocycles. The van der Waals surface area contributed by atoms with E-state index in [9.17, 15) is 9.59 Å². The van der Waals surface area contributed by atoms with Gasteiger partial charge >= 0.3 is 11.9 Å². The lowest BCUT2D eigenvalue weighted by Gasteiger charge is -1.93. The first kappa shape index (κ1) is 24.2. The molecule has 0 aliphatic heterocycles. The van der Waals surface area contributed by atoms with Gasteiger partial charge in [-0.1, -0.05) is 13.8 Å². The highest BCUT2D eigenvalue weighted by Gasteiger charge is 1.91. The van der Waals surface area contributed by atoms with E-state index in [1.54, 1.807) is 27.7 Å². The van der Waals surface area contributed by atoms with Crippen molar-refractivity contribution in [2.75, 3.05) is 13.2 Å². The predicted octanol–water partition coefficient (Wildman–Crippen LogP) is 0.249. The fourth-order valence-electron chi connectivity index (χ4n) is 0.263. The van der Waals surface area contributed by atoms with Crippen LogP contribution in [-0.4, -0.2) is 35.4 Å². The summed E-state index contributed by atoms with van der Waals surface area (Å²) in [6, 6.07) is 0. The molecular formula is C10H26O6+2. The maximum absolute atomic E-state index is 10.2. The van der Waals surface area contributed by atoms with Crippen molar-refractivity contribution in [1.82, 2.24) is 0 Å². The fourth-order valence-corrected chi connectivity index (χ4v) is 0.263. The third-order valence-corrected chi connectivity index (χ3v) is 0.896. The van der Waals surface area contributed by atoms with Crippen LogP contribution in [0, 0.1) is 0 Å². The summed E-state index contributed by atoms with van der Waals surface area (Å²) >= 11 is 0. The minimum absolute atomic E-state index is 0. The van der Waals surface area contributed by atoms with Crippen LogP contribution in [-0.2, 0) is 19.8 Å². The van der Waals surface area contributed by atoms with Crippen molar-refractivity contribution in [1.29, 1.82) is 0 Å². The number of carboxylic acids is 1. The summed E-state index contributed by atoms with van der Waals surface area (Å²) < 4.78 is 4.55. The van der Waals surface area contributed by atoms with Crippen LogP contribution < -0.4 is 0 Å². The van der Waals surface area contributed by atoms with E-state index >= 15 is 0 Å². The van der Waals surface area contributed by atoms with Gasteiger partial charge in [0.2, 0.25) is 0 Å². The molecule has 6 heteroatoms. The number of carbonyl (C=O) groups is 2. The lowest BCUT2D eigenvalue weighted by molar-refractivity contribution is -0.142. The van der Waals surface area contributed by atoms with Gasteiger partial charge in [-0.15, -0.1) is 0 Å². The van der Waals surface area contributed by atoms with E-state index in [4.69, 9.17) is 10.2 Å². The van der Waals surface area contributed by atoms with Crippen LogP contribution >= 0.6 is 0 Å². The van der Waals surface area contributed by atoms with Crippen molar-refractivity contribution in [3.63, 3.8) is 0 Å². The zero-order chi connectivity index (χ0) is 12.7. The molecule has 0 saturated heterocycles. The van der Waals surface area contributed by atoms with E-state index in [1.807, 2.05) is 0 Å². The second-order valence-electron chi connectivity index (χ2n) is 2.26. The first-order chi connectivity index (χ1) is 6.99. The molecule has 0 aromatic carbocycles. The fraction of sp³-hybridized carbons (Fsp3) is 0.800. The van der Waals surface area contributed by atoms with Crippen LogP contribution in [0.5, 0.6) is 0 Å². The number of esters is 1. The number of rotatable bonds is 3. The quantitative estimate of drug-likeness (QED) is 0.563. The van der Waals surface area contributed by atoms with Crippen LogP contribution in [0.4, 0.5) is 0 Å². The maximum atomic E-state index is 10.2. The van der Waals surface area contributed by atoms with Gasteiger partial charge in [0.1, 0.15) is 6.61 Å². The van der Waals surface area contributed by atoms with Crippen LogP contribution in [0.25, 0.3) is 0 Å². The van der Waals surface area contributed by atoms with E-state index in [1.165, 1.54) is 0 Å². The van der Waals surface area contributed by atoms with Crippen molar-refractivity contribution in [2.45, 2.75) is 40.5 Å².